The number of nitrogen functional groups attached to an aromatic ring is 1. The average molecular weight is 570 g/mol. The van der Waals surface area contributed by atoms with Crippen LogP contribution in [0.4, 0.5) is 24.7 Å². The number of H-pyrrole nitrogens is 1. The Kier molecular flexibility index (Phi) is 6.54. The second-order valence-corrected chi connectivity index (χ2v) is 11.0. The summed E-state index contributed by atoms with van der Waals surface area (Å²) in [6, 6.07) is 10.7. The van der Waals surface area contributed by atoms with Crippen molar-refractivity contribution < 1.29 is 31.1 Å². The molecule has 4 N–H and O–H groups in total. The Hall–Kier alpha value is -4.78. The number of benzene rings is 3. The predicted molar refractivity (Wildman–Crippen MR) is 144 cm³/mol. The number of nitrogens with two attached hydrogens (primary N) is 1. The molecule has 5 aromatic rings. The molecule has 0 amide bonds. The number of nitrogens with zero attached hydrogens (tertiary/aromatic N) is 2. The standard InChI is InChI=1S/C27H22F3N5O4S/c1-13-7-15-9-22(33-21(15)11-20(13)34-40(3,37)38)26(36)17-12-32-35(27(17)31)25-14(2)8-16(10-19(25)29)39-23-6-4-5-18(28)24(23)30/h4-12,33-34H,31H2,1-3H3. The number of carbonyl (C=O) groups excluding carboxylic acids is 1. The second-order valence-electron chi connectivity index (χ2n) is 9.22. The van der Waals surface area contributed by atoms with E-state index in [0.29, 0.717) is 27.7 Å². The number of sulfonamides is 1. The fourth-order valence-electron chi connectivity index (χ4n) is 4.30. The van der Waals surface area contributed by atoms with E-state index in [1.807, 2.05) is 0 Å². The van der Waals surface area contributed by atoms with Crippen LogP contribution in [-0.4, -0.2) is 35.2 Å². The smallest absolute Gasteiger partial charge is 0.229 e. The first-order valence-electron chi connectivity index (χ1n) is 11.7. The van der Waals surface area contributed by atoms with Crippen molar-refractivity contribution in [2.24, 2.45) is 0 Å². The van der Waals surface area contributed by atoms with Crippen molar-refractivity contribution in [1.29, 1.82) is 0 Å². The Morgan fingerprint density at radius 1 is 1.05 bits per heavy atom. The van der Waals surface area contributed by atoms with Gasteiger partial charge in [0.15, 0.2) is 17.4 Å². The zero-order valence-electron chi connectivity index (χ0n) is 21.3. The highest BCUT2D eigenvalue weighted by atomic mass is 32.2. The molecule has 2 aromatic heterocycles. The molecule has 0 atom stereocenters. The largest absolute Gasteiger partial charge is 0.454 e. The van der Waals surface area contributed by atoms with Gasteiger partial charge in [-0.1, -0.05) is 6.07 Å². The summed E-state index contributed by atoms with van der Waals surface area (Å²) in [5.74, 6) is -4.29. The van der Waals surface area contributed by atoms with Crippen LogP contribution in [0.3, 0.4) is 0 Å². The monoisotopic (exact) mass is 569 g/mol. The topological polar surface area (TPSA) is 132 Å². The number of carbonyl (C=O) groups is 1. The van der Waals surface area contributed by atoms with Gasteiger partial charge >= 0.3 is 0 Å². The van der Waals surface area contributed by atoms with Crippen molar-refractivity contribution in [3.05, 3.63) is 94.6 Å². The van der Waals surface area contributed by atoms with Crippen LogP contribution in [0.15, 0.2) is 54.7 Å². The number of nitrogens with one attached hydrogen (secondary N) is 2. The maximum absolute atomic E-state index is 15.2. The number of hydrogen-bond donors (Lipinski definition) is 3. The second kappa shape index (κ2) is 9.75. The molecule has 0 aliphatic heterocycles. The number of aromatic amines is 1. The number of ether oxygens (including phenoxy) is 1. The lowest BCUT2D eigenvalue weighted by molar-refractivity contribution is 0.103. The number of fused-ring (bicyclic) bond motifs is 1. The first-order valence-corrected chi connectivity index (χ1v) is 13.6. The summed E-state index contributed by atoms with van der Waals surface area (Å²) in [5, 5.41) is 4.77. The number of hydrogen-bond acceptors (Lipinski definition) is 6. The van der Waals surface area contributed by atoms with Gasteiger partial charge in [0.05, 0.1) is 29.4 Å². The molecule has 0 spiro atoms. The van der Waals surface area contributed by atoms with Crippen LogP contribution < -0.4 is 15.2 Å². The summed E-state index contributed by atoms with van der Waals surface area (Å²) in [6.07, 6.45) is 2.24. The fourth-order valence-corrected chi connectivity index (χ4v) is 4.92. The molecule has 40 heavy (non-hydrogen) atoms. The Labute approximate surface area is 226 Å². The first kappa shape index (κ1) is 26.8. The van der Waals surface area contributed by atoms with E-state index in [4.69, 9.17) is 10.5 Å². The Morgan fingerprint density at radius 3 is 2.50 bits per heavy atom. The molecule has 0 fully saturated rings. The predicted octanol–water partition coefficient (Wildman–Crippen LogP) is 5.36. The number of aryl methyl sites for hydroxylation is 2. The van der Waals surface area contributed by atoms with Gasteiger partial charge in [0.1, 0.15) is 17.3 Å². The van der Waals surface area contributed by atoms with Crippen LogP contribution >= 0.6 is 0 Å². The molecule has 0 bridgehead atoms. The molecular formula is C27H22F3N5O4S. The highest BCUT2D eigenvalue weighted by Crippen LogP contribution is 2.32. The molecule has 13 heteroatoms. The summed E-state index contributed by atoms with van der Waals surface area (Å²) in [7, 11) is -3.51. The molecule has 9 nitrogen and oxygen atoms in total. The SMILES string of the molecule is Cc1cc2cc(C(=O)c3cnn(-c4c(C)cc(Oc5cccc(F)c5F)cc4F)c3N)[nH]c2cc1NS(C)(=O)=O. The third kappa shape index (κ3) is 4.98. The van der Waals surface area contributed by atoms with E-state index < -0.39 is 39.0 Å². The van der Waals surface area contributed by atoms with Gasteiger partial charge in [-0.05, 0) is 61.4 Å². The maximum atomic E-state index is 15.2. The van der Waals surface area contributed by atoms with Crippen LogP contribution in [-0.2, 0) is 10.0 Å². The van der Waals surface area contributed by atoms with Gasteiger partial charge in [-0.2, -0.15) is 9.49 Å². The molecule has 0 aliphatic rings. The van der Waals surface area contributed by atoms with E-state index in [1.165, 1.54) is 31.3 Å². The van der Waals surface area contributed by atoms with Crippen LogP contribution in [0, 0.1) is 31.3 Å². The number of rotatable bonds is 7. The molecule has 0 saturated heterocycles. The van der Waals surface area contributed by atoms with Gasteiger partial charge < -0.3 is 15.5 Å². The number of aromatic nitrogens is 3. The normalized spacial score (nSPS) is 11.7. The highest BCUT2D eigenvalue weighted by Gasteiger charge is 2.23. The molecule has 2 heterocycles. The number of anilines is 2. The van der Waals surface area contributed by atoms with Crippen molar-refractivity contribution >= 4 is 38.2 Å². The third-order valence-electron chi connectivity index (χ3n) is 6.14. The van der Waals surface area contributed by atoms with Gasteiger partial charge in [-0.15, -0.1) is 0 Å². The molecule has 0 unspecified atom stereocenters. The number of halogens is 3. The zero-order valence-corrected chi connectivity index (χ0v) is 22.2. The summed E-state index contributed by atoms with van der Waals surface area (Å²) >= 11 is 0. The summed E-state index contributed by atoms with van der Waals surface area (Å²) in [4.78, 5) is 16.3. The summed E-state index contributed by atoms with van der Waals surface area (Å²) in [5.41, 5.74) is 8.15. The molecule has 206 valence electrons. The van der Waals surface area contributed by atoms with Crippen molar-refractivity contribution in [3.63, 3.8) is 0 Å². The highest BCUT2D eigenvalue weighted by molar-refractivity contribution is 7.92. The van der Waals surface area contributed by atoms with Gasteiger partial charge in [0, 0.05) is 17.0 Å². The van der Waals surface area contributed by atoms with Crippen molar-refractivity contribution in [2.45, 2.75) is 13.8 Å². The lowest BCUT2D eigenvalue weighted by atomic mass is 10.1. The third-order valence-corrected chi connectivity index (χ3v) is 6.73. The fraction of sp³-hybridized carbons (Fsp3) is 0.111. The minimum atomic E-state index is -3.51. The van der Waals surface area contributed by atoms with Crippen LogP contribution in [0.5, 0.6) is 11.5 Å². The first-order chi connectivity index (χ1) is 18.8. The summed E-state index contributed by atoms with van der Waals surface area (Å²) < 4.78 is 74.9. The lowest BCUT2D eigenvalue weighted by Crippen LogP contribution is -2.10. The molecule has 0 aliphatic carbocycles. The van der Waals surface area contributed by atoms with E-state index in [0.717, 1.165) is 23.1 Å². The van der Waals surface area contributed by atoms with Crippen LogP contribution in [0.1, 0.15) is 27.2 Å². The van der Waals surface area contributed by atoms with E-state index in [2.05, 4.69) is 14.8 Å². The van der Waals surface area contributed by atoms with Crippen LogP contribution in [0.2, 0.25) is 0 Å². The molecule has 0 saturated carbocycles. The minimum absolute atomic E-state index is 0.00118. The van der Waals surface area contributed by atoms with Gasteiger partial charge in [-0.3, -0.25) is 9.52 Å². The summed E-state index contributed by atoms with van der Waals surface area (Å²) in [6.45, 7) is 3.27. The molecule has 3 aromatic carbocycles. The maximum Gasteiger partial charge on any atom is 0.229 e. The van der Waals surface area contributed by atoms with Crippen molar-refractivity contribution in [1.82, 2.24) is 14.8 Å². The molecule has 0 radical (unpaired) electrons. The van der Waals surface area contributed by atoms with E-state index in [9.17, 15) is 22.0 Å². The van der Waals surface area contributed by atoms with Crippen molar-refractivity contribution in [3.8, 4) is 17.2 Å². The zero-order chi connectivity index (χ0) is 28.9. The van der Waals surface area contributed by atoms with Gasteiger partial charge in [0.2, 0.25) is 21.6 Å². The average Bonchev–Trinajstić information content (AvgIpc) is 3.44. The van der Waals surface area contributed by atoms with E-state index >= 15 is 4.39 Å². The van der Waals surface area contributed by atoms with Crippen molar-refractivity contribution in [2.75, 3.05) is 16.7 Å². The van der Waals surface area contributed by atoms with Gasteiger partial charge in [0.25, 0.3) is 0 Å². The van der Waals surface area contributed by atoms with E-state index in [1.54, 1.807) is 25.1 Å². The Morgan fingerprint density at radius 2 is 1.80 bits per heavy atom. The van der Waals surface area contributed by atoms with E-state index in [-0.39, 0.29) is 28.5 Å². The number of ketones is 1. The Balaban J connectivity index is 1.46. The Bertz CT molecular complexity index is 1910. The quantitative estimate of drug-likeness (QED) is 0.226. The lowest BCUT2D eigenvalue weighted by Gasteiger charge is -2.13. The van der Waals surface area contributed by atoms with Crippen LogP contribution in [0.25, 0.3) is 16.6 Å². The van der Waals surface area contributed by atoms with Gasteiger partial charge in [-0.25, -0.2) is 21.9 Å². The molecule has 5 rings (SSSR count). The minimum Gasteiger partial charge on any atom is -0.454 e. The molecular weight excluding hydrogens is 547 g/mol.